The number of amides is 1. The van der Waals surface area contributed by atoms with Crippen LogP contribution >= 0.6 is 23.2 Å². The number of halogens is 2. The van der Waals surface area contributed by atoms with Crippen molar-refractivity contribution in [3.8, 4) is 0 Å². The molecule has 0 spiro atoms. The average molecular weight is 374 g/mol. The summed E-state index contributed by atoms with van der Waals surface area (Å²) in [6, 6.07) is 10.5. The van der Waals surface area contributed by atoms with Gasteiger partial charge in [0.1, 0.15) is 0 Å². The largest absolute Gasteiger partial charge is 0.349 e. The molecule has 0 fully saturated rings. The van der Waals surface area contributed by atoms with Crippen LogP contribution in [0.15, 0.2) is 55.0 Å². The summed E-state index contributed by atoms with van der Waals surface area (Å²) < 4.78 is 0. The fourth-order valence-corrected chi connectivity index (χ4v) is 2.45. The fourth-order valence-electron chi connectivity index (χ4n) is 1.99. The quantitative estimate of drug-likeness (QED) is 0.705. The van der Waals surface area contributed by atoms with Crippen molar-refractivity contribution >= 4 is 40.7 Å². The number of carbonyl (C=O) groups is 1. The summed E-state index contributed by atoms with van der Waals surface area (Å²) >= 11 is 11.9. The number of pyridine rings is 1. The number of aromatic nitrogens is 3. The van der Waals surface area contributed by atoms with Crippen molar-refractivity contribution in [1.82, 2.24) is 15.0 Å². The smallest absolute Gasteiger partial charge is 0.258 e. The summed E-state index contributed by atoms with van der Waals surface area (Å²) in [6.07, 6.45) is 4.59. The number of rotatable bonds is 5. The molecule has 1 aromatic carbocycles. The van der Waals surface area contributed by atoms with Gasteiger partial charge in [0.05, 0.1) is 28.5 Å². The van der Waals surface area contributed by atoms with E-state index in [2.05, 4.69) is 25.6 Å². The zero-order chi connectivity index (χ0) is 17.6. The first kappa shape index (κ1) is 17.1. The minimum Gasteiger partial charge on any atom is -0.349 e. The second kappa shape index (κ2) is 7.92. The fraction of sp³-hybridized carbons (Fsp3) is 0.0588. The van der Waals surface area contributed by atoms with Gasteiger partial charge >= 0.3 is 0 Å². The summed E-state index contributed by atoms with van der Waals surface area (Å²) in [5.74, 6) is 0.0484. The van der Waals surface area contributed by atoms with Gasteiger partial charge in [-0.3, -0.25) is 9.78 Å². The van der Waals surface area contributed by atoms with Crippen LogP contribution in [-0.4, -0.2) is 20.9 Å². The second-order valence-corrected chi connectivity index (χ2v) is 5.89. The first-order valence-electron chi connectivity index (χ1n) is 7.34. The standard InChI is InChI=1S/C17H13Cl2N5O/c18-12-4-5-15(14(19)7-12)24-16(25)11-8-21-17(22-9-11)23-10-13-3-1-2-6-20-13/h1-9H,10H2,(H,24,25)(H,21,22,23). The van der Waals surface area contributed by atoms with Gasteiger partial charge in [0, 0.05) is 23.6 Å². The predicted molar refractivity (Wildman–Crippen MR) is 98.0 cm³/mol. The van der Waals surface area contributed by atoms with Gasteiger partial charge in [0.2, 0.25) is 5.95 Å². The zero-order valence-corrected chi connectivity index (χ0v) is 14.4. The molecule has 0 aliphatic heterocycles. The molecule has 0 aliphatic carbocycles. The Morgan fingerprint density at radius 1 is 1.04 bits per heavy atom. The van der Waals surface area contributed by atoms with Crippen molar-refractivity contribution in [3.05, 3.63) is 76.3 Å². The van der Waals surface area contributed by atoms with Gasteiger partial charge in [0.15, 0.2) is 0 Å². The van der Waals surface area contributed by atoms with Gasteiger partial charge in [0.25, 0.3) is 5.91 Å². The lowest BCUT2D eigenvalue weighted by molar-refractivity contribution is 0.102. The maximum absolute atomic E-state index is 12.2. The number of anilines is 2. The summed E-state index contributed by atoms with van der Waals surface area (Å²) in [7, 11) is 0. The third kappa shape index (κ3) is 4.65. The molecule has 2 N–H and O–H groups in total. The molecule has 3 rings (SSSR count). The predicted octanol–water partition coefficient (Wildman–Crippen LogP) is 4.04. The van der Waals surface area contributed by atoms with E-state index in [4.69, 9.17) is 23.2 Å². The van der Waals surface area contributed by atoms with Crippen molar-refractivity contribution in [2.45, 2.75) is 6.54 Å². The van der Waals surface area contributed by atoms with Crippen molar-refractivity contribution < 1.29 is 4.79 Å². The van der Waals surface area contributed by atoms with E-state index in [-0.39, 0.29) is 5.91 Å². The van der Waals surface area contributed by atoms with E-state index < -0.39 is 0 Å². The molecule has 0 aliphatic rings. The van der Waals surface area contributed by atoms with E-state index >= 15 is 0 Å². The molecular weight excluding hydrogens is 361 g/mol. The minimum atomic E-state index is -0.361. The highest BCUT2D eigenvalue weighted by molar-refractivity contribution is 6.36. The van der Waals surface area contributed by atoms with Crippen molar-refractivity contribution in [2.24, 2.45) is 0 Å². The zero-order valence-electron chi connectivity index (χ0n) is 12.9. The van der Waals surface area contributed by atoms with Crippen LogP contribution in [0.25, 0.3) is 0 Å². The molecule has 2 aromatic heterocycles. The van der Waals surface area contributed by atoms with Crippen LogP contribution in [0.5, 0.6) is 0 Å². The Labute approximate surface area is 154 Å². The lowest BCUT2D eigenvalue weighted by Crippen LogP contribution is -2.14. The van der Waals surface area contributed by atoms with Crippen LogP contribution < -0.4 is 10.6 Å². The first-order valence-corrected chi connectivity index (χ1v) is 8.09. The van der Waals surface area contributed by atoms with Crippen LogP contribution in [-0.2, 0) is 6.54 Å². The molecular formula is C17H13Cl2N5O. The Morgan fingerprint density at radius 2 is 1.84 bits per heavy atom. The molecule has 8 heteroatoms. The monoisotopic (exact) mass is 373 g/mol. The number of hydrogen-bond donors (Lipinski definition) is 2. The Bertz CT molecular complexity index is 872. The van der Waals surface area contributed by atoms with Gasteiger partial charge in [-0.05, 0) is 30.3 Å². The molecule has 126 valence electrons. The lowest BCUT2D eigenvalue weighted by atomic mass is 10.2. The molecule has 0 saturated heterocycles. The van der Waals surface area contributed by atoms with E-state index in [1.54, 1.807) is 24.4 Å². The maximum atomic E-state index is 12.2. The van der Waals surface area contributed by atoms with Crippen molar-refractivity contribution in [1.29, 1.82) is 0 Å². The molecule has 25 heavy (non-hydrogen) atoms. The first-order chi connectivity index (χ1) is 12.1. The summed E-state index contributed by atoms with van der Waals surface area (Å²) in [5, 5.41) is 6.58. The minimum absolute atomic E-state index is 0.314. The van der Waals surface area contributed by atoms with Crippen LogP contribution in [0.4, 0.5) is 11.6 Å². The van der Waals surface area contributed by atoms with Gasteiger partial charge in [-0.2, -0.15) is 0 Å². The Morgan fingerprint density at radius 3 is 2.52 bits per heavy atom. The Hall–Kier alpha value is -2.70. The Kier molecular flexibility index (Phi) is 5.42. The molecule has 2 heterocycles. The van der Waals surface area contributed by atoms with E-state index in [9.17, 15) is 4.79 Å². The molecule has 3 aromatic rings. The summed E-state index contributed by atoms with van der Waals surface area (Å²) in [5.41, 5.74) is 1.65. The van der Waals surface area contributed by atoms with Gasteiger partial charge in [-0.15, -0.1) is 0 Å². The molecule has 0 atom stereocenters. The van der Waals surface area contributed by atoms with Crippen molar-refractivity contribution in [2.75, 3.05) is 10.6 Å². The van der Waals surface area contributed by atoms with E-state index in [1.165, 1.54) is 12.4 Å². The summed E-state index contributed by atoms with van der Waals surface area (Å²) in [4.78, 5) is 24.7. The van der Waals surface area contributed by atoms with Crippen LogP contribution in [0.1, 0.15) is 16.1 Å². The van der Waals surface area contributed by atoms with Crippen molar-refractivity contribution in [3.63, 3.8) is 0 Å². The van der Waals surface area contributed by atoms with Gasteiger partial charge in [-0.1, -0.05) is 29.3 Å². The molecule has 0 bridgehead atoms. The van der Waals surface area contributed by atoms with Crippen LogP contribution in [0.3, 0.4) is 0 Å². The SMILES string of the molecule is O=C(Nc1ccc(Cl)cc1Cl)c1cnc(NCc2ccccn2)nc1. The van der Waals surface area contributed by atoms with Crippen LogP contribution in [0.2, 0.25) is 10.0 Å². The maximum Gasteiger partial charge on any atom is 0.258 e. The Balaban J connectivity index is 1.62. The number of benzene rings is 1. The van der Waals surface area contributed by atoms with Gasteiger partial charge in [-0.25, -0.2) is 9.97 Å². The highest BCUT2D eigenvalue weighted by Crippen LogP contribution is 2.25. The van der Waals surface area contributed by atoms with Gasteiger partial charge < -0.3 is 10.6 Å². The number of nitrogens with zero attached hydrogens (tertiary/aromatic N) is 3. The summed E-state index contributed by atoms with van der Waals surface area (Å²) in [6.45, 7) is 0.493. The van der Waals surface area contributed by atoms with Crippen LogP contribution in [0, 0.1) is 0 Å². The second-order valence-electron chi connectivity index (χ2n) is 5.05. The number of nitrogens with one attached hydrogen (secondary N) is 2. The normalized spacial score (nSPS) is 10.3. The lowest BCUT2D eigenvalue weighted by Gasteiger charge is -2.08. The highest BCUT2D eigenvalue weighted by atomic mass is 35.5. The molecule has 6 nitrogen and oxygen atoms in total. The third-order valence-electron chi connectivity index (χ3n) is 3.25. The number of hydrogen-bond acceptors (Lipinski definition) is 5. The average Bonchev–Trinajstić information content (AvgIpc) is 2.63. The molecule has 0 radical (unpaired) electrons. The topological polar surface area (TPSA) is 79.8 Å². The molecule has 1 amide bonds. The van der Waals surface area contributed by atoms with E-state index in [1.807, 2.05) is 18.2 Å². The molecule has 0 saturated carbocycles. The highest BCUT2D eigenvalue weighted by Gasteiger charge is 2.10. The molecule has 0 unspecified atom stereocenters. The van der Waals surface area contributed by atoms with E-state index in [0.29, 0.717) is 33.8 Å². The third-order valence-corrected chi connectivity index (χ3v) is 3.79. The number of carbonyl (C=O) groups excluding carboxylic acids is 1. The van der Waals surface area contributed by atoms with E-state index in [0.717, 1.165) is 5.69 Å².